The Morgan fingerprint density at radius 3 is 2.76 bits per heavy atom. The van der Waals surface area contributed by atoms with E-state index in [2.05, 4.69) is 39.1 Å². The quantitative estimate of drug-likeness (QED) is 0.300. The van der Waals surface area contributed by atoms with E-state index in [4.69, 9.17) is 4.98 Å². The topological polar surface area (TPSA) is 52.6 Å². The Morgan fingerprint density at radius 2 is 2.10 bits per heavy atom. The summed E-state index contributed by atoms with van der Waals surface area (Å²) in [6, 6.07) is 0.574. The number of aryl methyl sites for hydroxylation is 1. The normalized spacial score (nSPS) is 24.2. The highest BCUT2D eigenvalue weighted by Crippen LogP contribution is 2.27. The largest absolute Gasteiger partial charge is 0.356 e. The Hall–Kier alpha value is -0.0600. The van der Waals surface area contributed by atoms with Crippen LogP contribution in [0.5, 0.6) is 0 Å². The van der Waals surface area contributed by atoms with Crippen LogP contribution in [0.3, 0.4) is 0 Å². The maximum absolute atomic E-state index is 4.72. The Morgan fingerprint density at radius 1 is 1.31 bits per heavy atom. The maximum atomic E-state index is 4.72. The van der Waals surface area contributed by atoms with Gasteiger partial charge < -0.3 is 10.6 Å². The molecule has 1 aromatic heterocycles. The maximum Gasteiger partial charge on any atom is 0.191 e. The number of piperidine rings is 1. The number of guanidine groups is 1. The van der Waals surface area contributed by atoms with Crippen LogP contribution in [-0.2, 0) is 13.0 Å². The lowest BCUT2D eigenvalue weighted by molar-refractivity contribution is 0.176. The summed E-state index contributed by atoms with van der Waals surface area (Å²) in [5, 5.41) is 11.6. The molecule has 2 unspecified atom stereocenters. The fourth-order valence-corrected chi connectivity index (χ4v) is 5.84. The van der Waals surface area contributed by atoms with Gasteiger partial charge in [0, 0.05) is 36.8 Å². The predicted octanol–water partition coefficient (Wildman–Crippen LogP) is 4.37. The molecule has 1 saturated carbocycles. The first-order chi connectivity index (χ1) is 13.7. The zero-order chi connectivity index (χ0) is 19.8. The van der Waals surface area contributed by atoms with Crippen LogP contribution in [0, 0.1) is 5.92 Å². The van der Waals surface area contributed by atoms with Crippen LogP contribution in [0.1, 0.15) is 56.2 Å². The van der Waals surface area contributed by atoms with E-state index in [1.165, 1.54) is 62.3 Å². The number of aromatic nitrogens is 1. The number of nitrogens with one attached hydrogen (secondary N) is 2. The monoisotopic (exact) mass is 551 g/mol. The number of likely N-dealkylation sites (tertiary alicyclic amines) is 1. The van der Waals surface area contributed by atoms with Crippen molar-refractivity contribution in [3.8, 4) is 0 Å². The third kappa shape index (κ3) is 8.18. The molecule has 2 heterocycles. The van der Waals surface area contributed by atoms with Crippen LogP contribution < -0.4 is 10.6 Å². The zero-order valence-electron chi connectivity index (χ0n) is 18.2. The lowest BCUT2D eigenvalue weighted by Crippen LogP contribution is -2.47. The second-order valence-corrected chi connectivity index (χ2v) is 10.2. The number of rotatable bonds is 7. The molecule has 1 aromatic rings. The van der Waals surface area contributed by atoms with E-state index < -0.39 is 0 Å². The molecule has 29 heavy (non-hydrogen) atoms. The molecular formula is C21H38IN5S2. The van der Waals surface area contributed by atoms with Gasteiger partial charge in [0.2, 0.25) is 0 Å². The minimum atomic E-state index is 0. The molecule has 5 nitrogen and oxygen atoms in total. The second kappa shape index (κ2) is 13.4. The van der Waals surface area contributed by atoms with Gasteiger partial charge in [0.05, 0.1) is 10.7 Å². The van der Waals surface area contributed by atoms with Gasteiger partial charge in [-0.25, -0.2) is 4.98 Å². The van der Waals surface area contributed by atoms with Crippen molar-refractivity contribution in [2.75, 3.05) is 32.9 Å². The fourth-order valence-electron chi connectivity index (χ4n) is 4.28. The third-order valence-electron chi connectivity index (χ3n) is 6.08. The molecular weight excluding hydrogens is 513 g/mol. The number of nitrogens with zero attached hydrogens (tertiary/aromatic N) is 3. The molecule has 1 aliphatic heterocycles. The van der Waals surface area contributed by atoms with Crippen molar-refractivity contribution in [2.24, 2.45) is 10.9 Å². The van der Waals surface area contributed by atoms with Gasteiger partial charge in [-0.15, -0.1) is 35.3 Å². The van der Waals surface area contributed by atoms with E-state index in [1.54, 1.807) is 11.3 Å². The molecule has 2 atom stereocenters. The standard InChI is InChI=1S/C21H37N5S2.HI/c1-4-20-24-18(15-28-20)14-26-10-8-16(9-11-26)13-23-21(22-2)25-17-6-5-7-19(12-17)27-3;/h15-17,19H,4-14H2,1-3H3,(H2,22,23,25);1H. The molecule has 0 aromatic carbocycles. The van der Waals surface area contributed by atoms with Crippen LogP contribution >= 0.6 is 47.1 Å². The van der Waals surface area contributed by atoms with Crippen molar-refractivity contribution in [3.63, 3.8) is 0 Å². The highest BCUT2D eigenvalue weighted by molar-refractivity contribution is 14.0. The molecule has 2 aliphatic rings. The van der Waals surface area contributed by atoms with E-state index in [0.717, 1.165) is 36.6 Å². The summed E-state index contributed by atoms with van der Waals surface area (Å²) in [5.41, 5.74) is 1.25. The zero-order valence-corrected chi connectivity index (χ0v) is 22.1. The highest BCUT2D eigenvalue weighted by atomic mass is 127. The summed E-state index contributed by atoms with van der Waals surface area (Å²) in [6.45, 7) is 6.57. The second-order valence-electron chi connectivity index (χ2n) is 8.12. The number of thioether (sulfide) groups is 1. The number of aliphatic imine (C=N–C) groups is 1. The van der Waals surface area contributed by atoms with E-state index >= 15 is 0 Å². The summed E-state index contributed by atoms with van der Waals surface area (Å²) in [7, 11) is 1.89. The Kier molecular flexibility index (Phi) is 11.6. The smallest absolute Gasteiger partial charge is 0.191 e. The summed E-state index contributed by atoms with van der Waals surface area (Å²) >= 11 is 3.81. The van der Waals surface area contributed by atoms with E-state index in [-0.39, 0.29) is 24.0 Å². The van der Waals surface area contributed by atoms with Gasteiger partial charge in [0.25, 0.3) is 0 Å². The summed E-state index contributed by atoms with van der Waals surface area (Å²) in [4.78, 5) is 11.7. The van der Waals surface area contributed by atoms with Gasteiger partial charge in [-0.3, -0.25) is 9.89 Å². The predicted molar refractivity (Wildman–Crippen MR) is 139 cm³/mol. The van der Waals surface area contributed by atoms with Crippen LogP contribution in [0.4, 0.5) is 0 Å². The van der Waals surface area contributed by atoms with Gasteiger partial charge >= 0.3 is 0 Å². The van der Waals surface area contributed by atoms with Gasteiger partial charge in [-0.1, -0.05) is 13.3 Å². The van der Waals surface area contributed by atoms with Crippen molar-refractivity contribution in [1.82, 2.24) is 20.5 Å². The molecule has 2 fully saturated rings. The van der Waals surface area contributed by atoms with Crippen molar-refractivity contribution in [3.05, 3.63) is 16.1 Å². The summed E-state index contributed by atoms with van der Waals surface area (Å²) < 4.78 is 0. The Labute approximate surface area is 202 Å². The van der Waals surface area contributed by atoms with Crippen LogP contribution in [0.15, 0.2) is 10.4 Å². The molecule has 1 aliphatic carbocycles. The van der Waals surface area contributed by atoms with Gasteiger partial charge in [-0.05, 0) is 63.8 Å². The molecule has 3 rings (SSSR count). The first-order valence-corrected chi connectivity index (χ1v) is 13.0. The van der Waals surface area contributed by atoms with Gasteiger partial charge in [0.15, 0.2) is 5.96 Å². The third-order valence-corrected chi connectivity index (χ3v) is 8.21. The summed E-state index contributed by atoms with van der Waals surface area (Å²) in [6.07, 6.45) is 11.0. The molecule has 8 heteroatoms. The molecule has 2 N–H and O–H groups in total. The van der Waals surface area contributed by atoms with Gasteiger partial charge in [0.1, 0.15) is 0 Å². The molecule has 0 spiro atoms. The molecule has 0 bridgehead atoms. The number of hydrogen-bond acceptors (Lipinski definition) is 5. The van der Waals surface area contributed by atoms with E-state index in [1.807, 2.05) is 18.8 Å². The van der Waals surface area contributed by atoms with Crippen molar-refractivity contribution < 1.29 is 0 Å². The average Bonchev–Trinajstić information content (AvgIpc) is 3.20. The van der Waals surface area contributed by atoms with Crippen LogP contribution in [0.25, 0.3) is 0 Å². The fraction of sp³-hybridized carbons (Fsp3) is 0.810. The van der Waals surface area contributed by atoms with E-state index in [0.29, 0.717) is 6.04 Å². The van der Waals surface area contributed by atoms with Crippen molar-refractivity contribution in [2.45, 2.75) is 69.7 Å². The minimum absolute atomic E-state index is 0. The van der Waals surface area contributed by atoms with Gasteiger partial charge in [-0.2, -0.15) is 11.8 Å². The first-order valence-electron chi connectivity index (χ1n) is 10.9. The molecule has 1 saturated heterocycles. The molecule has 166 valence electrons. The SMILES string of the molecule is CCc1nc(CN2CCC(CNC(=NC)NC3CCCC(SC)C3)CC2)cs1.I. The highest BCUT2D eigenvalue weighted by Gasteiger charge is 2.23. The average molecular weight is 552 g/mol. The minimum Gasteiger partial charge on any atom is -0.356 e. The lowest BCUT2D eigenvalue weighted by Gasteiger charge is -2.33. The Balaban J connectivity index is 0.00000300. The molecule has 0 amide bonds. The Bertz CT molecular complexity index is 616. The summed E-state index contributed by atoms with van der Waals surface area (Å²) in [5.74, 6) is 1.73. The lowest BCUT2D eigenvalue weighted by atomic mass is 9.95. The number of hydrogen-bond donors (Lipinski definition) is 2. The van der Waals surface area contributed by atoms with Crippen molar-refractivity contribution >= 4 is 53.0 Å². The van der Waals surface area contributed by atoms with E-state index in [9.17, 15) is 0 Å². The number of thiazole rings is 1. The molecule has 0 radical (unpaired) electrons. The first kappa shape index (κ1) is 25.2. The number of halogens is 1. The van der Waals surface area contributed by atoms with Crippen molar-refractivity contribution in [1.29, 1.82) is 0 Å². The van der Waals surface area contributed by atoms with Crippen LogP contribution in [0.2, 0.25) is 0 Å². The van der Waals surface area contributed by atoms with Crippen LogP contribution in [-0.4, -0.2) is 60.1 Å².